The third-order valence-corrected chi connectivity index (χ3v) is 6.12. The van der Waals surface area contributed by atoms with Crippen molar-refractivity contribution >= 4 is 17.4 Å². The van der Waals surface area contributed by atoms with Crippen LogP contribution < -0.4 is 14.4 Å². The Morgan fingerprint density at radius 2 is 1.77 bits per heavy atom. The number of nitrogens with zero attached hydrogens (tertiary/aromatic N) is 1. The molecule has 0 bridgehead atoms. The highest BCUT2D eigenvalue weighted by molar-refractivity contribution is 6.14. The van der Waals surface area contributed by atoms with E-state index in [-0.39, 0.29) is 11.7 Å². The average molecular weight is 423 g/mol. The van der Waals surface area contributed by atoms with Crippen molar-refractivity contribution in [3.05, 3.63) is 53.1 Å². The van der Waals surface area contributed by atoms with E-state index in [0.717, 1.165) is 24.9 Å². The highest BCUT2D eigenvalue weighted by Gasteiger charge is 2.55. The van der Waals surface area contributed by atoms with Crippen molar-refractivity contribution in [1.29, 1.82) is 0 Å². The van der Waals surface area contributed by atoms with Crippen LogP contribution in [0.2, 0.25) is 0 Å². The van der Waals surface area contributed by atoms with Gasteiger partial charge in [-0.3, -0.25) is 9.59 Å². The fourth-order valence-electron chi connectivity index (χ4n) is 4.35. The summed E-state index contributed by atoms with van der Waals surface area (Å²) in [7, 11) is 3.03. The van der Waals surface area contributed by atoms with Crippen molar-refractivity contribution in [2.24, 2.45) is 5.92 Å². The van der Waals surface area contributed by atoms with E-state index >= 15 is 0 Å². The minimum atomic E-state index is -1.47. The number of carbonyl (C=O) groups is 2. The van der Waals surface area contributed by atoms with Gasteiger partial charge in [-0.2, -0.15) is 0 Å². The van der Waals surface area contributed by atoms with Gasteiger partial charge in [0.15, 0.2) is 0 Å². The SMILES string of the molecule is COc1cccc(OC)c1C(=O)c1ccc2c(c1)C1(OCCCO1)C(=O)N2CC1CC1. The second-order valence-electron chi connectivity index (χ2n) is 8.12. The molecule has 5 rings (SSSR count). The summed E-state index contributed by atoms with van der Waals surface area (Å²) in [5.41, 5.74) is 2.10. The normalized spacial score (nSPS) is 19.4. The minimum Gasteiger partial charge on any atom is -0.496 e. The number of benzene rings is 2. The van der Waals surface area contributed by atoms with Gasteiger partial charge in [0.25, 0.3) is 11.7 Å². The first-order valence-electron chi connectivity index (χ1n) is 10.6. The van der Waals surface area contributed by atoms with E-state index in [0.29, 0.717) is 53.9 Å². The van der Waals surface area contributed by atoms with Gasteiger partial charge in [-0.25, -0.2) is 0 Å². The summed E-state index contributed by atoms with van der Waals surface area (Å²) in [6.45, 7) is 1.51. The van der Waals surface area contributed by atoms with Crippen LogP contribution in [0.3, 0.4) is 0 Å². The maximum Gasteiger partial charge on any atom is 0.292 e. The second kappa shape index (κ2) is 7.66. The first-order valence-corrected chi connectivity index (χ1v) is 10.6. The van der Waals surface area contributed by atoms with Crippen LogP contribution >= 0.6 is 0 Å². The fourth-order valence-corrected chi connectivity index (χ4v) is 4.35. The highest BCUT2D eigenvalue weighted by Crippen LogP contribution is 2.47. The molecule has 7 nitrogen and oxygen atoms in total. The number of hydrogen-bond acceptors (Lipinski definition) is 6. The van der Waals surface area contributed by atoms with Gasteiger partial charge >= 0.3 is 0 Å². The summed E-state index contributed by atoms with van der Waals surface area (Å²) in [5.74, 6) is -0.560. The highest BCUT2D eigenvalue weighted by atomic mass is 16.7. The lowest BCUT2D eigenvalue weighted by atomic mass is 9.96. The Hall–Kier alpha value is -2.90. The quantitative estimate of drug-likeness (QED) is 0.664. The van der Waals surface area contributed by atoms with Crippen LogP contribution in [0.5, 0.6) is 11.5 Å². The number of amides is 1. The van der Waals surface area contributed by atoms with Gasteiger partial charge in [0.05, 0.1) is 33.1 Å². The topological polar surface area (TPSA) is 74.3 Å². The summed E-state index contributed by atoms with van der Waals surface area (Å²) in [5, 5.41) is 0. The molecule has 1 amide bonds. The van der Waals surface area contributed by atoms with Crippen molar-refractivity contribution in [3.8, 4) is 11.5 Å². The third kappa shape index (κ3) is 3.20. The van der Waals surface area contributed by atoms with E-state index in [9.17, 15) is 9.59 Å². The van der Waals surface area contributed by atoms with Crippen molar-refractivity contribution < 1.29 is 28.5 Å². The minimum absolute atomic E-state index is 0.200. The van der Waals surface area contributed by atoms with E-state index in [2.05, 4.69) is 0 Å². The Balaban J connectivity index is 1.60. The molecule has 0 N–H and O–H groups in total. The lowest BCUT2D eigenvalue weighted by Crippen LogP contribution is -2.47. The Kier molecular flexibility index (Phi) is 4.95. The monoisotopic (exact) mass is 423 g/mol. The van der Waals surface area contributed by atoms with Gasteiger partial charge in [-0.15, -0.1) is 0 Å². The predicted molar refractivity (Wildman–Crippen MR) is 113 cm³/mol. The van der Waals surface area contributed by atoms with E-state index in [1.807, 2.05) is 6.07 Å². The first kappa shape index (κ1) is 20.0. The molecule has 2 aromatic carbocycles. The summed E-state index contributed by atoms with van der Waals surface area (Å²) < 4.78 is 22.7. The predicted octanol–water partition coefficient (Wildman–Crippen LogP) is 3.28. The Morgan fingerprint density at radius 3 is 2.39 bits per heavy atom. The van der Waals surface area contributed by atoms with Crippen LogP contribution in [-0.2, 0) is 20.1 Å². The number of ether oxygens (including phenoxy) is 4. The molecule has 31 heavy (non-hydrogen) atoms. The Bertz CT molecular complexity index is 1020. The number of rotatable bonds is 6. The number of ketones is 1. The van der Waals surface area contributed by atoms with Crippen LogP contribution in [0.15, 0.2) is 36.4 Å². The summed E-state index contributed by atoms with van der Waals surface area (Å²) >= 11 is 0. The first-order chi connectivity index (χ1) is 15.1. The van der Waals surface area contributed by atoms with E-state index in [4.69, 9.17) is 18.9 Å². The maximum atomic E-state index is 13.5. The number of fused-ring (bicyclic) bond motifs is 2. The van der Waals surface area contributed by atoms with Gasteiger partial charge in [0.1, 0.15) is 17.1 Å². The second-order valence-corrected chi connectivity index (χ2v) is 8.12. The van der Waals surface area contributed by atoms with Crippen molar-refractivity contribution in [1.82, 2.24) is 0 Å². The average Bonchev–Trinajstić information content (AvgIpc) is 3.62. The number of carbonyl (C=O) groups excluding carboxylic acids is 2. The number of anilines is 1. The van der Waals surface area contributed by atoms with Crippen molar-refractivity contribution in [2.75, 3.05) is 38.9 Å². The molecule has 2 aromatic rings. The smallest absolute Gasteiger partial charge is 0.292 e. The third-order valence-electron chi connectivity index (χ3n) is 6.12. The molecule has 1 spiro atoms. The Labute approximate surface area is 180 Å². The number of methoxy groups -OCH3 is 2. The summed E-state index contributed by atoms with van der Waals surface area (Å²) in [4.78, 5) is 28.7. The maximum absolute atomic E-state index is 13.5. The molecule has 0 atom stereocenters. The van der Waals surface area contributed by atoms with Gasteiger partial charge in [-0.05, 0) is 55.5 Å². The fraction of sp³-hybridized carbons (Fsp3) is 0.417. The van der Waals surface area contributed by atoms with E-state index in [1.165, 1.54) is 14.2 Å². The standard InChI is InChI=1S/C24H25NO6/c1-28-19-5-3-6-20(29-2)21(19)22(26)16-9-10-18-17(13-16)24(30-11-4-12-31-24)23(27)25(18)14-15-7-8-15/h3,5-6,9-10,13,15H,4,7-8,11-12,14H2,1-2H3. The zero-order chi connectivity index (χ0) is 21.6. The number of hydrogen-bond donors (Lipinski definition) is 0. The largest absolute Gasteiger partial charge is 0.496 e. The van der Waals surface area contributed by atoms with Crippen LogP contribution in [0.25, 0.3) is 0 Å². The molecule has 1 saturated carbocycles. The zero-order valence-corrected chi connectivity index (χ0v) is 17.7. The van der Waals surface area contributed by atoms with Gasteiger partial charge in [0, 0.05) is 17.7 Å². The van der Waals surface area contributed by atoms with Crippen molar-refractivity contribution in [3.63, 3.8) is 0 Å². The summed E-state index contributed by atoms with van der Waals surface area (Å²) in [6, 6.07) is 10.5. The molecule has 7 heteroatoms. The Morgan fingerprint density at radius 1 is 1.10 bits per heavy atom. The van der Waals surface area contributed by atoms with E-state index < -0.39 is 5.79 Å². The molecule has 3 aliphatic rings. The molecule has 2 aliphatic heterocycles. The molecule has 2 fully saturated rings. The van der Waals surface area contributed by atoms with Crippen LogP contribution in [0.4, 0.5) is 5.69 Å². The lowest BCUT2D eigenvalue weighted by molar-refractivity contribution is -0.256. The van der Waals surface area contributed by atoms with Crippen LogP contribution in [0.1, 0.15) is 40.7 Å². The zero-order valence-electron chi connectivity index (χ0n) is 17.7. The molecule has 162 valence electrons. The van der Waals surface area contributed by atoms with Gasteiger partial charge in [0.2, 0.25) is 5.78 Å². The molecule has 0 radical (unpaired) electrons. The molecule has 1 aliphatic carbocycles. The van der Waals surface area contributed by atoms with Crippen LogP contribution in [-0.4, -0.2) is 45.7 Å². The van der Waals surface area contributed by atoms with Gasteiger partial charge < -0.3 is 23.8 Å². The van der Waals surface area contributed by atoms with E-state index in [1.54, 1.807) is 35.2 Å². The van der Waals surface area contributed by atoms with Gasteiger partial charge in [-0.1, -0.05) is 6.07 Å². The molecule has 1 saturated heterocycles. The molecular weight excluding hydrogens is 398 g/mol. The summed E-state index contributed by atoms with van der Waals surface area (Å²) in [6.07, 6.45) is 2.97. The van der Waals surface area contributed by atoms with Crippen LogP contribution in [0, 0.1) is 5.92 Å². The lowest BCUT2D eigenvalue weighted by Gasteiger charge is -2.32. The molecule has 0 unspecified atom stereocenters. The van der Waals surface area contributed by atoms with Crippen molar-refractivity contribution in [2.45, 2.75) is 25.0 Å². The molecule has 2 heterocycles. The molecule has 0 aromatic heterocycles. The molecular formula is C24H25NO6.